The molecule has 1 heterocycles. The normalized spacial score (nSPS) is 14.6. The van der Waals surface area contributed by atoms with E-state index in [1.807, 2.05) is 27.7 Å². The minimum absolute atomic E-state index is 0.181. The molecule has 18 heavy (non-hydrogen) atoms. The molecule has 1 atom stereocenters. The fourth-order valence-corrected chi connectivity index (χ4v) is 2.56. The molecule has 0 saturated heterocycles. The van der Waals surface area contributed by atoms with E-state index < -0.39 is 5.54 Å². The Morgan fingerprint density at radius 1 is 1.67 bits per heavy atom. The van der Waals surface area contributed by atoms with Crippen LogP contribution in [0.25, 0.3) is 0 Å². The summed E-state index contributed by atoms with van der Waals surface area (Å²) in [6.45, 7) is 7.66. The first-order valence-corrected chi connectivity index (χ1v) is 6.77. The number of methoxy groups -OCH3 is 1. The summed E-state index contributed by atoms with van der Waals surface area (Å²) in [5, 5.41) is 3.78. The Hall–Kier alpha value is -1.01. The van der Waals surface area contributed by atoms with Gasteiger partial charge in [-0.25, -0.2) is 4.98 Å². The summed E-state index contributed by atoms with van der Waals surface area (Å²) in [6.07, 6.45) is 1.59. The molecule has 5 nitrogen and oxygen atoms in total. The number of oxazole rings is 1. The summed E-state index contributed by atoms with van der Waals surface area (Å²) >= 11 is 1.39. The largest absolute Gasteiger partial charge is 0.468 e. The van der Waals surface area contributed by atoms with Gasteiger partial charge in [0.15, 0.2) is 0 Å². The minimum atomic E-state index is -0.754. The SMILES string of the molecule is COC(=O)C(C)(CSc1nc(C)co1)NC(C)C. The quantitative estimate of drug-likeness (QED) is 0.631. The molecule has 0 aliphatic rings. The summed E-state index contributed by atoms with van der Waals surface area (Å²) in [5.74, 6) is 0.213. The first-order chi connectivity index (χ1) is 8.37. The average Bonchev–Trinajstić information content (AvgIpc) is 2.70. The molecule has 0 amide bonds. The zero-order chi connectivity index (χ0) is 13.8. The molecule has 6 heteroatoms. The maximum absolute atomic E-state index is 11.8. The van der Waals surface area contributed by atoms with Crippen molar-refractivity contribution in [3.8, 4) is 0 Å². The molecular weight excluding hydrogens is 252 g/mol. The number of thioether (sulfide) groups is 1. The van der Waals surface area contributed by atoms with Crippen molar-refractivity contribution < 1.29 is 13.9 Å². The van der Waals surface area contributed by atoms with Gasteiger partial charge in [0, 0.05) is 11.8 Å². The molecule has 0 radical (unpaired) electrons. The number of nitrogens with one attached hydrogen (secondary N) is 1. The van der Waals surface area contributed by atoms with E-state index in [-0.39, 0.29) is 12.0 Å². The van der Waals surface area contributed by atoms with E-state index in [2.05, 4.69) is 10.3 Å². The Morgan fingerprint density at radius 3 is 2.78 bits per heavy atom. The van der Waals surface area contributed by atoms with Crippen LogP contribution in [0.5, 0.6) is 0 Å². The number of carbonyl (C=O) groups is 1. The van der Waals surface area contributed by atoms with Crippen LogP contribution in [0.2, 0.25) is 0 Å². The van der Waals surface area contributed by atoms with Gasteiger partial charge in [0.25, 0.3) is 5.22 Å². The van der Waals surface area contributed by atoms with E-state index in [1.54, 1.807) is 6.26 Å². The molecule has 0 saturated carbocycles. The predicted molar refractivity (Wildman–Crippen MR) is 70.7 cm³/mol. The number of hydrogen-bond donors (Lipinski definition) is 1. The van der Waals surface area contributed by atoms with Gasteiger partial charge in [-0.05, 0) is 27.7 Å². The smallest absolute Gasteiger partial charge is 0.326 e. The van der Waals surface area contributed by atoms with Crippen molar-refractivity contribution in [2.75, 3.05) is 12.9 Å². The molecule has 1 aromatic heterocycles. The lowest BCUT2D eigenvalue weighted by atomic mass is 10.0. The van der Waals surface area contributed by atoms with Gasteiger partial charge in [0.2, 0.25) is 0 Å². The molecule has 1 aromatic rings. The molecule has 0 fully saturated rings. The highest BCUT2D eigenvalue weighted by Crippen LogP contribution is 2.23. The second kappa shape index (κ2) is 6.24. The molecule has 1 rings (SSSR count). The third kappa shape index (κ3) is 4.03. The number of rotatable bonds is 6. The number of hydrogen-bond acceptors (Lipinski definition) is 6. The van der Waals surface area contributed by atoms with Crippen LogP contribution < -0.4 is 5.32 Å². The first kappa shape index (κ1) is 15.0. The second-order valence-electron chi connectivity index (χ2n) is 4.67. The summed E-state index contributed by atoms with van der Waals surface area (Å²) < 4.78 is 10.1. The van der Waals surface area contributed by atoms with Crippen LogP contribution in [0.1, 0.15) is 26.5 Å². The van der Waals surface area contributed by atoms with E-state index in [0.29, 0.717) is 11.0 Å². The van der Waals surface area contributed by atoms with Gasteiger partial charge in [-0.1, -0.05) is 11.8 Å². The molecule has 0 bridgehead atoms. The number of aromatic nitrogens is 1. The molecule has 0 aliphatic heterocycles. The Kier molecular flexibility index (Phi) is 5.22. The average molecular weight is 272 g/mol. The monoisotopic (exact) mass is 272 g/mol. The molecule has 102 valence electrons. The highest BCUT2D eigenvalue weighted by molar-refractivity contribution is 7.99. The maximum atomic E-state index is 11.8. The van der Waals surface area contributed by atoms with Gasteiger partial charge in [0.1, 0.15) is 11.8 Å². The number of ether oxygens (including phenoxy) is 1. The first-order valence-electron chi connectivity index (χ1n) is 5.78. The third-order valence-corrected chi connectivity index (χ3v) is 3.48. The van der Waals surface area contributed by atoms with Crippen LogP contribution in [-0.2, 0) is 9.53 Å². The summed E-state index contributed by atoms with van der Waals surface area (Å²) in [6, 6.07) is 0.181. The fraction of sp³-hybridized carbons (Fsp3) is 0.667. The molecule has 0 aliphatic carbocycles. The zero-order valence-electron chi connectivity index (χ0n) is 11.4. The maximum Gasteiger partial charge on any atom is 0.326 e. The molecule has 1 unspecified atom stereocenters. The fourth-order valence-electron chi connectivity index (χ4n) is 1.63. The van der Waals surface area contributed by atoms with Crippen molar-refractivity contribution in [2.24, 2.45) is 0 Å². The van der Waals surface area contributed by atoms with E-state index >= 15 is 0 Å². The topological polar surface area (TPSA) is 64.4 Å². The van der Waals surface area contributed by atoms with Crippen LogP contribution in [-0.4, -0.2) is 35.4 Å². The van der Waals surface area contributed by atoms with Crippen molar-refractivity contribution in [1.29, 1.82) is 0 Å². The van der Waals surface area contributed by atoms with Crippen molar-refractivity contribution in [3.63, 3.8) is 0 Å². The van der Waals surface area contributed by atoms with Gasteiger partial charge in [-0.2, -0.15) is 0 Å². The Labute approximate surface area is 112 Å². The van der Waals surface area contributed by atoms with Gasteiger partial charge in [-0.3, -0.25) is 10.1 Å². The Morgan fingerprint density at radius 2 is 2.33 bits per heavy atom. The van der Waals surface area contributed by atoms with Crippen LogP contribution in [0.3, 0.4) is 0 Å². The number of esters is 1. The Balaban J connectivity index is 2.69. The molecular formula is C12H20N2O3S. The van der Waals surface area contributed by atoms with E-state index in [4.69, 9.17) is 9.15 Å². The summed E-state index contributed by atoms with van der Waals surface area (Å²) in [7, 11) is 1.39. The van der Waals surface area contributed by atoms with Crippen molar-refractivity contribution in [3.05, 3.63) is 12.0 Å². The third-order valence-electron chi connectivity index (χ3n) is 2.33. The van der Waals surface area contributed by atoms with Crippen molar-refractivity contribution in [2.45, 2.75) is 44.5 Å². The minimum Gasteiger partial charge on any atom is -0.468 e. The van der Waals surface area contributed by atoms with E-state index in [1.165, 1.54) is 18.9 Å². The van der Waals surface area contributed by atoms with Gasteiger partial charge >= 0.3 is 5.97 Å². The number of aryl methyl sites for hydroxylation is 1. The van der Waals surface area contributed by atoms with Crippen LogP contribution >= 0.6 is 11.8 Å². The number of nitrogens with zero attached hydrogens (tertiary/aromatic N) is 1. The number of carbonyl (C=O) groups excluding carboxylic acids is 1. The van der Waals surface area contributed by atoms with Gasteiger partial charge in [-0.15, -0.1) is 0 Å². The van der Waals surface area contributed by atoms with E-state index in [9.17, 15) is 4.79 Å². The summed E-state index contributed by atoms with van der Waals surface area (Å²) in [5.41, 5.74) is 0.0739. The predicted octanol–water partition coefficient (Wildman–Crippen LogP) is 2.00. The van der Waals surface area contributed by atoms with Crippen LogP contribution in [0.4, 0.5) is 0 Å². The lowest BCUT2D eigenvalue weighted by Crippen LogP contribution is -2.54. The van der Waals surface area contributed by atoms with E-state index in [0.717, 1.165) is 5.69 Å². The summed E-state index contributed by atoms with van der Waals surface area (Å²) in [4.78, 5) is 16.0. The molecule has 1 N–H and O–H groups in total. The standard InChI is InChI=1S/C12H20N2O3S/c1-8(2)14-12(4,10(15)16-5)7-18-11-13-9(3)6-17-11/h6,8,14H,7H2,1-5H3. The van der Waals surface area contributed by atoms with Crippen LogP contribution in [0, 0.1) is 6.92 Å². The van der Waals surface area contributed by atoms with Gasteiger partial charge in [0.05, 0.1) is 12.8 Å². The lowest BCUT2D eigenvalue weighted by molar-refractivity contribution is -0.147. The highest BCUT2D eigenvalue weighted by Gasteiger charge is 2.35. The van der Waals surface area contributed by atoms with Gasteiger partial charge < -0.3 is 9.15 Å². The van der Waals surface area contributed by atoms with Crippen LogP contribution in [0.15, 0.2) is 15.9 Å². The van der Waals surface area contributed by atoms with Crippen molar-refractivity contribution in [1.82, 2.24) is 10.3 Å². The van der Waals surface area contributed by atoms with Crippen molar-refractivity contribution >= 4 is 17.7 Å². The highest BCUT2D eigenvalue weighted by atomic mass is 32.2. The lowest BCUT2D eigenvalue weighted by Gasteiger charge is -2.29. The molecule has 0 spiro atoms. The molecule has 0 aromatic carbocycles. The zero-order valence-corrected chi connectivity index (χ0v) is 12.3. The Bertz CT molecular complexity index is 406. The second-order valence-corrected chi connectivity index (χ2v) is 5.59.